The molecule has 3 aliphatic carbocycles. The van der Waals surface area contributed by atoms with Gasteiger partial charge in [-0.15, -0.1) is 0 Å². The Morgan fingerprint density at radius 3 is 0.788 bits per heavy atom. The van der Waals surface area contributed by atoms with Gasteiger partial charge in [0.1, 0.15) is 0 Å². The SMILES string of the molecule is c1cnc2c(c1)CCc1cc(-c3ccccc3-c3cc(-c4ccccc4-c4ccc5c(c4)CCc4cccnc4-5)cc(-c4ccccc4-c4ccc5c(c4)CCc4cccnc4-5)c3)ccc1-2. The highest BCUT2D eigenvalue weighted by Gasteiger charge is 2.23. The minimum atomic E-state index is 1.01. The number of hydrogen-bond donors (Lipinski definition) is 0. The molecule has 3 nitrogen and oxygen atoms in total. The van der Waals surface area contributed by atoms with Gasteiger partial charge in [0.05, 0.1) is 17.1 Å². The van der Waals surface area contributed by atoms with E-state index in [4.69, 9.17) is 15.0 Å². The molecule has 13 rings (SSSR count). The highest BCUT2D eigenvalue weighted by molar-refractivity contribution is 5.95. The first-order valence-corrected chi connectivity index (χ1v) is 23.4. The van der Waals surface area contributed by atoms with Gasteiger partial charge in [-0.25, -0.2) is 0 Å². The Morgan fingerprint density at radius 2 is 0.485 bits per heavy atom. The number of aryl methyl sites for hydroxylation is 6. The second kappa shape index (κ2) is 15.9. The highest BCUT2D eigenvalue weighted by Crippen LogP contribution is 2.45. The molecule has 312 valence electrons. The Morgan fingerprint density at radius 1 is 0.212 bits per heavy atom. The van der Waals surface area contributed by atoms with Gasteiger partial charge in [-0.2, -0.15) is 0 Å². The first kappa shape index (κ1) is 38.4. The molecule has 0 unspecified atom stereocenters. The first-order valence-electron chi connectivity index (χ1n) is 23.4. The fourth-order valence-electron chi connectivity index (χ4n) is 11.1. The maximum atomic E-state index is 4.82. The summed E-state index contributed by atoms with van der Waals surface area (Å²) in [6.07, 6.45) is 11.8. The molecule has 3 aromatic heterocycles. The van der Waals surface area contributed by atoms with Gasteiger partial charge in [0.15, 0.2) is 0 Å². The van der Waals surface area contributed by atoms with Crippen LogP contribution in [0, 0.1) is 0 Å². The zero-order chi connectivity index (χ0) is 43.6. The summed E-state index contributed by atoms with van der Waals surface area (Å²) in [5, 5.41) is 0. The van der Waals surface area contributed by atoms with Gasteiger partial charge in [-0.1, -0.05) is 146 Å². The van der Waals surface area contributed by atoms with Gasteiger partial charge in [0.25, 0.3) is 0 Å². The molecule has 66 heavy (non-hydrogen) atoms. The molecule has 0 spiro atoms. The molecule has 0 atom stereocenters. The third-order valence-electron chi connectivity index (χ3n) is 14.3. The summed E-state index contributed by atoms with van der Waals surface area (Å²) in [4.78, 5) is 14.5. The van der Waals surface area contributed by atoms with Crippen molar-refractivity contribution >= 4 is 0 Å². The van der Waals surface area contributed by atoms with E-state index in [9.17, 15) is 0 Å². The van der Waals surface area contributed by atoms with Crippen molar-refractivity contribution in [1.82, 2.24) is 15.0 Å². The Kier molecular flexibility index (Phi) is 9.26. The molecule has 0 saturated carbocycles. The maximum Gasteiger partial charge on any atom is 0.0736 e. The van der Waals surface area contributed by atoms with E-state index in [0.29, 0.717) is 0 Å². The van der Waals surface area contributed by atoms with Crippen LogP contribution in [0.3, 0.4) is 0 Å². The normalized spacial score (nSPS) is 13.1. The molecule has 0 saturated heterocycles. The highest BCUT2D eigenvalue weighted by atomic mass is 14.7. The fourth-order valence-corrected chi connectivity index (χ4v) is 11.1. The lowest BCUT2D eigenvalue weighted by atomic mass is 9.83. The van der Waals surface area contributed by atoms with Crippen molar-refractivity contribution < 1.29 is 0 Å². The monoisotopic (exact) mass is 843 g/mol. The summed E-state index contributed by atoms with van der Waals surface area (Å²) in [7, 11) is 0. The lowest BCUT2D eigenvalue weighted by molar-refractivity contribution is 0.928. The molecule has 3 heteroatoms. The van der Waals surface area contributed by atoms with Crippen molar-refractivity contribution in [2.24, 2.45) is 0 Å². The van der Waals surface area contributed by atoms with E-state index in [1.54, 1.807) is 0 Å². The number of benzene rings is 7. The van der Waals surface area contributed by atoms with Crippen molar-refractivity contribution in [2.45, 2.75) is 38.5 Å². The van der Waals surface area contributed by atoms with Crippen LogP contribution in [0.2, 0.25) is 0 Å². The summed E-state index contributed by atoms with van der Waals surface area (Å²) in [6.45, 7) is 0. The standard InChI is InChI=1S/C63H45N3/c1-4-16-55(52(13-1)43-25-28-58-46(34-43)22-19-40-10-7-31-64-61(40)58)49-37-50(56-17-5-2-14-53(56)44-26-29-59-47(35-44)23-20-41-11-8-32-65-62(41)59)39-51(38-49)57-18-6-3-15-54(57)45-27-30-60-48(36-45)24-21-42-12-9-33-66-63(42)60/h1-18,25-39H,19-24H2. The molecular weight excluding hydrogens is 799 g/mol. The third kappa shape index (κ3) is 6.61. The van der Waals surface area contributed by atoms with Crippen LogP contribution in [0.5, 0.6) is 0 Å². The average Bonchev–Trinajstić information content (AvgIpc) is 3.40. The van der Waals surface area contributed by atoms with Crippen molar-refractivity contribution in [1.29, 1.82) is 0 Å². The van der Waals surface area contributed by atoms with Gasteiger partial charge < -0.3 is 0 Å². The van der Waals surface area contributed by atoms with Crippen LogP contribution in [0.1, 0.15) is 33.4 Å². The zero-order valence-electron chi connectivity index (χ0n) is 36.6. The van der Waals surface area contributed by atoms with E-state index in [1.165, 1.54) is 117 Å². The Balaban J connectivity index is 0.978. The van der Waals surface area contributed by atoms with Crippen molar-refractivity contribution in [3.63, 3.8) is 0 Å². The number of pyridine rings is 3. The van der Waals surface area contributed by atoms with E-state index in [-0.39, 0.29) is 0 Å². The van der Waals surface area contributed by atoms with E-state index < -0.39 is 0 Å². The molecule has 0 amide bonds. The molecule has 0 radical (unpaired) electrons. The van der Waals surface area contributed by atoms with Crippen LogP contribution in [0.4, 0.5) is 0 Å². The summed E-state index contributed by atoms with van der Waals surface area (Å²) in [5.74, 6) is 0. The van der Waals surface area contributed by atoms with Crippen molar-refractivity contribution in [3.05, 3.63) is 234 Å². The second-order valence-corrected chi connectivity index (χ2v) is 18.1. The minimum Gasteiger partial charge on any atom is -0.256 e. The second-order valence-electron chi connectivity index (χ2n) is 18.1. The van der Waals surface area contributed by atoms with Gasteiger partial charge in [-0.05, 0) is 175 Å². The van der Waals surface area contributed by atoms with Crippen LogP contribution in [-0.4, -0.2) is 15.0 Å². The van der Waals surface area contributed by atoms with E-state index in [1.807, 2.05) is 18.6 Å². The minimum absolute atomic E-state index is 1.01. The predicted molar refractivity (Wildman–Crippen MR) is 271 cm³/mol. The molecule has 3 heterocycles. The molecule has 3 aliphatic rings. The van der Waals surface area contributed by atoms with Crippen molar-refractivity contribution in [2.75, 3.05) is 0 Å². The molecular formula is C63H45N3. The predicted octanol–water partition coefficient (Wildman–Crippen LogP) is 15.2. The maximum absolute atomic E-state index is 4.82. The van der Waals surface area contributed by atoms with Crippen LogP contribution >= 0.6 is 0 Å². The van der Waals surface area contributed by atoms with Crippen LogP contribution in [-0.2, 0) is 38.5 Å². The average molecular weight is 844 g/mol. The number of rotatable bonds is 6. The summed E-state index contributed by atoms with van der Waals surface area (Å²) in [6, 6.07) is 68.0. The van der Waals surface area contributed by atoms with Gasteiger partial charge in [0.2, 0.25) is 0 Å². The van der Waals surface area contributed by atoms with Crippen LogP contribution < -0.4 is 0 Å². The molecule has 0 N–H and O–H groups in total. The molecule has 0 bridgehead atoms. The van der Waals surface area contributed by atoms with Crippen LogP contribution in [0.15, 0.2) is 201 Å². The van der Waals surface area contributed by atoms with Gasteiger partial charge in [0, 0.05) is 35.3 Å². The first-order chi connectivity index (χ1) is 32.7. The smallest absolute Gasteiger partial charge is 0.0736 e. The number of hydrogen-bond acceptors (Lipinski definition) is 3. The molecule has 7 aromatic carbocycles. The van der Waals surface area contributed by atoms with Gasteiger partial charge >= 0.3 is 0 Å². The Hall–Kier alpha value is -8.01. The summed E-state index contributed by atoms with van der Waals surface area (Å²) in [5.41, 5.74) is 29.8. The van der Waals surface area contributed by atoms with E-state index in [2.05, 4.69) is 182 Å². The van der Waals surface area contributed by atoms with Crippen molar-refractivity contribution in [3.8, 4) is 101 Å². The quantitative estimate of drug-likeness (QED) is 0.167. The third-order valence-corrected chi connectivity index (χ3v) is 14.3. The topological polar surface area (TPSA) is 38.7 Å². The lowest BCUT2D eigenvalue weighted by Crippen LogP contribution is -2.05. The summed E-state index contributed by atoms with van der Waals surface area (Å²) >= 11 is 0. The zero-order valence-corrected chi connectivity index (χ0v) is 36.6. The van der Waals surface area contributed by atoms with Crippen LogP contribution in [0.25, 0.3) is 101 Å². The van der Waals surface area contributed by atoms with Gasteiger partial charge in [-0.3, -0.25) is 15.0 Å². The Labute approximate surface area is 386 Å². The number of aromatic nitrogens is 3. The molecule has 10 aromatic rings. The Bertz CT molecular complexity index is 3180. The number of nitrogens with zero attached hydrogens (tertiary/aromatic N) is 3. The summed E-state index contributed by atoms with van der Waals surface area (Å²) < 4.78 is 0. The fraction of sp³-hybridized carbons (Fsp3) is 0.0952. The van der Waals surface area contributed by atoms with E-state index in [0.717, 1.165) is 55.6 Å². The number of fused-ring (bicyclic) bond motifs is 9. The lowest BCUT2D eigenvalue weighted by Gasteiger charge is -2.22. The molecule has 0 aliphatic heterocycles. The molecule has 0 fully saturated rings. The van der Waals surface area contributed by atoms with E-state index >= 15 is 0 Å². The largest absolute Gasteiger partial charge is 0.256 e.